The van der Waals surface area contributed by atoms with E-state index in [0.29, 0.717) is 17.3 Å². The van der Waals surface area contributed by atoms with Crippen LogP contribution in [0.5, 0.6) is 0 Å². The molecule has 94 valence electrons. The van der Waals surface area contributed by atoms with Crippen molar-refractivity contribution in [2.45, 2.75) is 26.8 Å². The summed E-state index contributed by atoms with van der Waals surface area (Å²) in [5, 5.41) is 4.83. The van der Waals surface area contributed by atoms with Crippen LogP contribution >= 0.6 is 11.6 Å². The first-order chi connectivity index (χ1) is 8.63. The SMILES string of the molecule is CCn1nc(C)c(Cl)c1CC(=O)c1ccncn1. The normalized spacial score (nSPS) is 10.6. The third kappa shape index (κ3) is 2.41. The molecule has 2 rings (SSSR count). The van der Waals surface area contributed by atoms with Crippen molar-refractivity contribution in [2.24, 2.45) is 0 Å². The molecule has 0 unspecified atom stereocenters. The van der Waals surface area contributed by atoms with Crippen LogP contribution in [0.4, 0.5) is 0 Å². The molecule has 6 heteroatoms. The molecular formula is C12H13ClN4O. The van der Waals surface area contributed by atoms with Crippen molar-refractivity contribution in [3.05, 3.63) is 40.7 Å². The molecule has 0 radical (unpaired) electrons. The van der Waals surface area contributed by atoms with Crippen molar-refractivity contribution in [3.8, 4) is 0 Å². The summed E-state index contributed by atoms with van der Waals surface area (Å²) in [6.45, 7) is 4.47. The highest BCUT2D eigenvalue weighted by molar-refractivity contribution is 6.32. The monoisotopic (exact) mass is 264 g/mol. The van der Waals surface area contributed by atoms with E-state index in [4.69, 9.17) is 11.6 Å². The summed E-state index contributed by atoms with van der Waals surface area (Å²) in [4.78, 5) is 19.8. The number of Topliss-reactive ketones (excluding diaryl/α,β-unsaturated/α-hetero) is 1. The average molecular weight is 265 g/mol. The van der Waals surface area contributed by atoms with Gasteiger partial charge in [0.15, 0.2) is 5.78 Å². The highest BCUT2D eigenvalue weighted by atomic mass is 35.5. The van der Waals surface area contributed by atoms with Gasteiger partial charge in [-0.3, -0.25) is 9.48 Å². The van der Waals surface area contributed by atoms with E-state index in [1.54, 1.807) is 16.9 Å². The zero-order valence-electron chi connectivity index (χ0n) is 10.2. The van der Waals surface area contributed by atoms with Gasteiger partial charge in [0.1, 0.15) is 12.0 Å². The van der Waals surface area contributed by atoms with Crippen LogP contribution in [0.3, 0.4) is 0 Å². The summed E-state index contributed by atoms with van der Waals surface area (Å²) in [5.41, 5.74) is 1.87. The van der Waals surface area contributed by atoms with Crippen LogP contribution in [-0.4, -0.2) is 25.5 Å². The Kier molecular flexibility index (Phi) is 3.72. The molecule has 0 fully saturated rings. The average Bonchev–Trinajstić information content (AvgIpc) is 2.67. The number of carbonyl (C=O) groups is 1. The summed E-state index contributed by atoms with van der Waals surface area (Å²) in [6, 6.07) is 1.59. The third-order valence-corrected chi connectivity index (χ3v) is 3.14. The highest BCUT2D eigenvalue weighted by Gasteiger charge is 2.17. The quantitative estimate of drug-likeness (QED) is 0.794. The minimum Gasteiger partial charge on any atom is -0.292 e. The van der Waals surface area contributed by atoms with Crippen LogP contribution in [0.1, 0.15) is 28.8 Å². The van der Waals surface area contributed by atoms with E-state index < -0.39 is 0 Å². The minimum atomic E-state index is -0.0890. The number of rotatable bonds is 4. The number of ketones is 1. The van der Waals surface area contributed by atoms with Gasteiger partial charge in [0.2, 0.25) is 0 Å². The number of carbonyl (C=O) groups excluding carboxylic acids is 1. The van der Waals surface area contributed by atoms with Crippen molar-refractivity contribution in [1.29, 1.82) is 0 Å². The smallest absolute Gasteiger partial charge is 0.187 e. The fraction of sp³-hybridized carbons (Fsp3) is 0.333. The lowest BCUT2D eigenvalue weighted by Crippen LogP contribution is -2.11. The predicted molar refractivity (Wildman–Crippen MR) is 67.7 cm³/mol. The molecule has 0 aliphatic rings. The van der Waals surface area contributed by atoms with Crippen molar-refractivity contribution >= 4 is 17.4 Å². The van der Waals surface area contributed by atoms with E-state index in [1.807, 2.05) is 13.8 Å². The molecule has 0 saturated carbocycles. The number of halogens is 1. The maximum atomic E-state index is 12.1. The Hall–Kier alpha value is -1.75. The molecule has 2 aromatic rings. The zero-order valence-corrected chi connectivity index (χ0v) is 11.0. The molecule has 0 aliphatic heterocycles. The fourth-order valence-corrected chi connectivity index (χ4v) is 1.94. The standard InChI is InChI=1S/C12H13ClN4O/c1-3-17-10(12(13)8(2)16-17)6-11(18)9-4-5-14-7-15-9/h4-5,7H,3,6H2,1-2H3. The molecule has 0 bridgehead atoms. The van der Waals surface area contributed by atoms with Gasteiger partial charge in [-0.05, 0) is 19.9 Å². The van der Waals surface area contributed by atoms with Gasteiger partial charge in [-0.2, -0.15) is 5.10 Å². The van der Waals surface area contributed by atoms with Crippen LogP contribution in [0.2, 0.25) is 5.02 Å². The van der Waals surface area contributed by atoms with E-state index in [2.05, 4.69) is 15.1 Å². The Bertz CT molecular complexity index is 565. The highest BCUT2D eigenvalue weighted by Crippen LogP contribution is 2.21. The van der Waals surface area contributed by atoms with Gasteiger partial charge in [-0.1, -0.05) is 11.6 Å². The molecule has 18 heavy (non-hydrogen) atoms. The molecule has 5 nitrogen and oxygen atoms in total. The van der Waals surface area contributed by atoms with Gasteiger partial charge in [-0.15, -0.1) is 0 Å². The molecule has 0 atom stereocenters. The summed E-state index contributed by atoms with van der Waals surface area (Å²) < 4.78 is 1.75. The first kappa shape index (κ1) is 12.7. The Morgan fingerprint density at radius 3 is 2.89 bits per heavy atom. The van der Waals surface area contributed by atoms with Gasteiger partial charge in [0.25, 0.3) is 0 Å². The van der Waals surface area contributed by atoms with Crippen LogP contribution in [0.25, 0.3) is 0 Å². The first-order valence-electron chi connectivity index (χ1n) is 5.64. The molecule has 2 heterocycles. The summed E-state index contributed by atoms with van der Waals surface area (Å²) in [6.07, 6.45) is 3.10. The van der Waals surface area contributed by atoms with Crippen LogP contribution < -0.4 is 0 Å². The topological polar surface area (TPSA) is 60.7 Å². The number of hydrogen-bond acceptors (Lipinski definition) is 4. The van der Waals surface area contributed by atoms with Crippen LogP contribution in [0, 0.1) is 6.92 Å². The Morgan fingerprint density at radius 1 is 1.50 bits per heavy atom. The molecule has 0 N–H and O–H groups in total. The Balaban J connectivity index is 2.27. The Morgan fingerprint density at radius 2 is 2.28 bits per heavy atom. The fourth-order valence-electron chi connectivity index (χ4n) is 1.74. The lowest BCUT2D eigenvalue weighted by molar-refractivity contribution is 0.0985. The maximum Gasteiger partial charge on any atom is 0.187 e. The molecule has 0 spiro atoms. The molecule has 0 aromatic carbocycles. The summed E-state index contributed by atoms with van der Waals surface area (Å²) in [7, 11) is 0. The lowest BCUT2D eigenvalue weighted by Gasteiger charge is -2.04. The van der Waals surface area contributed by atoms with E-state index in [0.717, 1.165) is 11.4 Å². The van der Waals surface area contributed by atoms with E-state index in [9.17, 15) is 4.79 Å². The van der Waals surface area contributed by atoms with Crippen LogP contribution in [0.15, 0.2) is 18.6 Å². The second kappa shape index (κ2) is 5.27. The maximum absolute atomic E-state index is 12.1. The summed E-state index contributed by atoms with van der Waals surface area (Å²) in [5.74, 6) is -0.0890. The molecular weight excluding hydrogens is 252 g/mol. The third-order valence-electron chi connectivity index (χ3n) is 2.65. The van der Waals surface area contributed by atoms with Gasteiger partial charge in [-0.25, -0.2) is 9.97 Å². The molecule has 0 aliphatic carbocycles. The van der Waals surface area contributed by atoms with Crippen molar-refractivity contribution in [1.82, 2.24) is 19.7 Å². The Labute approximate surface area is 110 Å². The van der Waals surface area contributed by atoms with Crippen molar-refractivity contribution in [3.63, 3.8) is 0 Å². The molecule has 2 aromatic heterocycles. The molecule has 0 saturated heterocycles. The largest absolute Gasteiger partial charge is 0.292 e. The second-order valence-corrected chi connectivity index (χ2v) is 4.23. The van der Waals surface area contributed by atoms with Crippen molar-refractivity contribution in [2.75, 3.05) is 0 Å². The number of aryl methyl sites for hydroxylation is 2. The predicted octanol–water partition coefficient (Wildman–Crippen LogP) is 2.08. The van der Waals surface area contributed by atoms with Gasteiger partial charge >= 0.3 is 0 Å². The van der Waals surface area contributed by atoms with E-state index in [-0.39, 0.29) is 12.2 Å². The minimum absolute atomic E-state index is 0.0890. The molecule has 0 amide bonds. The van der Waals surface area contributed by atoms with E-state index in [1.165, 1.54) is 6.33 Å². The van der Waals surface area contributed by atoms with Gasteiger partial charge in [0, 0.05) is 12.7 Å². The number of aromatic nitrogens is 4. The first-order valence-corrected chi connectivity index (χ1v) is 6.02. The second-order valence-electron chi connectivity index (χ2n) is 3.86. The van der Waals surface area contributed by atoms with Gasteiger partial charge < -0.3 is 0 Å². The van der Waals surface area contributed by atoms with E-state index >= 15 is 0 Å². The number of nitrogens with zero attached hydrogens (tertiary/aromatic N) is 4. The lowest BCUT2D eigenvalue weighted by atomic mass is 10.1. The van der Waals surface area contributed by atoms with Crippen LogP contribution in [-0.2, 0) is 13.0 Å². The van der Waals surface area contributed by atoms with Gasteiger partial charge in [0.05, 0.1) is 22.8 Å². The van der Waals surface area contributed by atoms with Crippen molar-refractivity contribution < 1.29 is 4.79 Å². The summed E-state index contributed by atoms with van der Waals surface area (Å²) >= 11 is 6.16. The zero-order chi connectivity index (χ0) is 13.1. The number of hydrogen-bond donors (Lipinski definition) is 0.